The van der Waals surface area contributed by atoms with E-state index in [2.05, 4.69) is 58.1 Å². The molecule has 1 aromatic heterocycles. The van der Waals surface area contributed by atoms with Crippen molar-refractivity contribution in [1.29, 1.82) is 0 Å². The fourth-order valence-electron chi connectivity index (χ4n) is 4.44. The summed E-state index contributed by atoms with van der Waals surface area (Å²) in [7, 11) is 0. The predicted molar refractivity (Wildman–Crippen MR) is 104 cm³/mol. The van der Waals surface area contributed by atoms with Crippen LogP contribution in [0.3, 0.4) is 0 Å². The average Bonchev–Trinajstić information content (AvgIpc) is 3.26. The Hall–Kier alpha value is -1.46. The van der Waals surface area contributed by atoms with Crippen LogP contribution in [0.5, 0.6) is 0 Å². The molecule has 0 aliphatic carbocycles. The summed E-state index contributed by atoms with van der Waals surface area (Å²) in [6, 6.07) is 9.22. The van der Waals surface area contributed by atoms with Crippen LogP contribution in [0.15, 0.2) is 29.8 Å². The molecule has 134 valence electrons. The van der Waals surface area contributed by atoms with E-state index in [4.69, 9.17) is 0 Å². The summed E-state index contributed by atoms with van der Waals surface area (Å²) >= 11 is 1.67. The summed E-state index contributed by atoms with van der Waals surface area (Å²) in [5.74, 6) is 0.609. The lowest BCUT2D eigenvalue weighted by atomic mass is 9.79. The minimum Gasteiger partial charge on any atom is -0.346 e. The van der Waals surface area contributed by atoms with Crippen LogP contribution in [0.1, 0.15) is 50.2 Å². The van der Waals surface area contributed by atoms with Crippen LogP contribution in [0, 0.1) is 5.41 Å². The van der Waals surface area contributed by atoms with Crippen LogP contribution in [0.2, 0.25) is 0 Å². The standard InChI is InChI=1S/C20H28N4S/c1-16(2)18-6-4-17(5-7-18)12-23-11-9-20(13-23)8-3-10-24(14-20)19-22-21-15-25-19/h4-7,15-16H,3,8-14H2,1-2H3/t20-/m0/s1. The summed E-state index contributed by atoms with van der Waals surface area (Å²) in [6.45, 7) is 10.3. The van der Waals surface area contributed by atoms with E-state index in [1.54, 1.807) is 11.3 Å². The molecule has 2 aliphatic heterocycles. The Morgan fingerprint density at radius 2 is 1.96 bits per heavy atom. The number of anilines is 1. The van der Waals surface area contributed by atoms with Crippen LogP contribution >= 0.6 is 11.3 Å². The van der Waals surface area contributed by atoms with Gasteiger partial charge in [0, 0.05) is 31.6 Å². The summed E-state index contributed by atoms with van der Waals surface area (Å²) in [5, 5.41) is 9.40. The lowest BCUT2D eigenvalue weighted by Crippen LogP contribution is -2.44. The molecule has 2 aromatic rings. The van der Waals surface area contributed by atoms with Gasteiger partial charge in [0.25, 0.3) is 0 Å². The first-order valence-corrected chi connectivity index (χ1v) is 10.3. The van der Waals surface area contributed by atoms with E-state index in [1.165, 1.54) is 43.5 Å². The maximum atomic E-state index is 4.28. The largest absolute Gasteiger partial charge is 0.346 e. The number of likely N-dealkylation sites (tertiary alicyclic amines) is 1. The van der Waals surface area contributed by atoms with Gasteiger partial charge in [-0.05, 0) is 42.9 Å². The molecule has 0 amide bonds. The lowest BCUT2D eigenvalue weighted by molar-refractivity contribution is 0.216. The zero-order valence-electron chi connectivity index (χ0n) is 15.3. The summed E-state index contributed by atoms with van der Waals surface area (Å²) < 4.78 is 0. The third-order valence-corrected chi connectivity index (χ3v) is 6.60. The number of nitrogens with zero attached hydrogens (tertiary/aromatic N) is 4. The Labute approximate surface area is 154 Å². The highest BCUT2D eigenvalue weighted by atomic mass is 32.1. The molecule has 3 heterocycles. The molecule has 1 aromatic carbocycles. The fourth-order valence-corrected chi connectivity index (χ4v) is 5.03. The van der Waals surface area contributed by atoms with Crippen LogP contribution in [-0.2, 0) is 6.54 Å². The van der Waals surface area contributed by atoms with Crippen molar-refractivity contribution in [2.75, 3.05) is 31.1 Å². The van der Waals surface area contributed by atoms with Gasteiger partial charge in [-0.1, -0.05) is 49.4 Å². The van der Waals surface area contributed by atoms with Crippen LogP contribution < -0.4 is 4.90 Å². The predicted octanol–water partition coefficient (Wildman–Crippen LogP) is 4.15. The summed E-state index contributed by atoms with van der Waals surface area (Å²) in [5.41, 5.74) is 5.17. The second-order valence-corrected chi connectivity index (χ2v) is 8.92. The molecule has 4 nitrogen and oxygen atoms in total. The minimum absolute atomic E-state index is 0.446. The molecular weight excluding hydrogens is 328 g/mol. The first-order chi connectivity index (χ1) is 12.1. The Bertz CT molecular complexity index is 682. The first-order valence-electron chi connectivity index (χ1n) is 9.46. The van der Waals surface area contributed by atoms with E-state index in [-0.39, 0.29) is 0 Å². The van der Waals surface area contributed by atoms with Gasteiger partial charge in [0.05, 0.1) is 0 Å². The zero-order valence-corrected chi connectivity index (χ0v) is 16.1. The highest BCUT2D eigenvalue weighted by Gasteiger charge is 2.41. The van der Waals surface area contributed by atoms with Crippen LogP contribution in [0.4, 0.5) is 5.13 Å². The van der Waals surface area contributed by atoms with Crippen molar-refractivity contribution in [2.24, 2.45) is 5.41 Å². The fraction of sp³-hybridized carbons (Fsp3) is 0.600. The molecule has 1 atom stereocenters. The Balaban J connectivity index is 1.38. The molecule has 5 heteroatoms. The van der Waals surface area contributed by atoms with Crippen molar-refractivity contribution < 1.29 is 0 Å². The number of rotatable bonds is 4. The van der Waals surface area contributed by atoms with Gasteiger partial charge >= 0.3 is 0 Å². The first kappa shape index (κ1) is 17.0. The highest BCUT2D eigenvalue weighted by molar-refractivity contribution is 7.13. The van der Waals surface area contributed by atoms with Crippen molar-refractivity contribution in [3.8, 4) is 0 Å². The highest BCUT2D eigenvalue weighted by Crippen LogP contribution is 2.40. The number of benzene rings is 1. The van der Waals surface area contributed by atoms with Crippen molar-refractivity contribution in [3.63, 3.8) is 0 Å². The van der Waals surface area contributed by atoms with Gasteiger partial charge in [-0.25, -0.2) is 0 Å². The molecule has 2 aliphatic rings. The molecule has 0 unspecified atom stereocenters. The number of hydrogen-bond acceptors (Lipinski definition) is 5. The smallest absolute Gasteiger partial charge is 0.208 e. The van der Waals surface area contributed by atoms with Gasteiger partial charge in [0.1, 0.15) is 5.51 Å². The SMILES string of the molecule is CC(C)c1ccc(CN2CC[C@@]3(CCCN(c4nncs4)C3)C2)cc1. The molecule has 0 saturated carbocycles. The Kier molecular flexibility index (Phi) is 4.78. The Morgan fingerprint density at radius 1 is 1.12 bits per heavy atom. The number of piperidine rings is 1. The molecule has 4 rings (SSSR count). The van der Waals surface area contributed by atoms with E-state index in [0.717, 1.165) is 24.8 Å². The zero-order chi connectivity index (χ0) is 17.3. The second-order valence-electron chi connectivity index (χ2n) is 8.10. The second kappa shape index (κ2) is 7.04. The van der Waals surface area contributed by atoms with E-state index < -0.39 is 0 Å². The molecule has 25 heavy (non-hydrogen) atoms. The number of aromatic nitrogens is 2. The molecule has 2 saturated heterocycles. The van der Waals surface area contributed by atoms with Gasteiger partial charge in [-0.15, -0.1) is 10.2 Å². The van der Waals surface area contributed by atoms with Crippen molar-refractivity contribution in [1.82, 2.24) is 15.1 Å². The Morgan fingerprint density at radius 3 is 2.68 bits per heavy atom. The van der Waals surface area contributed by atoms with Gasteiger partial charge in [-0.2, -0.15) is 0 Å². The third kappa shape index (κ3) is 3.72. The quantitative estimate of drug-likeness (QED) is 0.824. The van der Waals surface area contributed by atoms with Gasteiger partial charge < -0.3 is 4.90 Å². The molecule has 0 N–H and O–H groups in total. The maximum Gasteiger partial charge on any atom is 0.208 e. The van der Waals surface area contributed by atoms with E-state index in [0.29, 0.717) is 11.3 Å². The minimum atomic E-state index is 0.446. The van der Waals surface area contributed by atoms with Crippen LogP contribution in [0.25, 0.3) is 0 Å². The lowest BCUT2D eigenvalue weighted by Gasteiger charge is -2.40. The molecule has 0 radical (unpaired) electrons. The van der Waals surface area contributed by atoms with Crippen molar-refractivity contribution in [2.45, 2.75) is 45.6 Å². The normalized spacial score (nSPS) is 24.5. The van der Waals surface area contributed by atoms with Gasteiger partial charge in [0.15, 0.2) is 0 Å². The van der Waals surface area contributed by atoms with Crippen LogP contribution in [-0.4, -0.2) is 41.3 Å². The maximum absolute atomic E-state index is 4.28. The summed E-state index contributed by atoms with van der Waals surface area (Å²) in [4.78, 5) is 5.11. The van der Waals surface area contributed by atoms with E-state index in [1.807, 2.05) is 5.51 Å². The third-order valence-electron chi connectivity index (χ3n) is 5.85. The molecular formula is C20H28N4S. The topological polar surface area (TPSA) is 32.3 Å². The monoisotopic (exact) mass is 356 g/mol. The average molecular weight is 357 g/mol. The molecule has 1 spiro atoms. The van der Waals surface area contributed by atoms with E-state index in [9.17, 15) is 0 Å². The summed E-state index contributed by atoms with van der Waals surface area (Å²) in [6.07, 6.45) is 3.94. The van der Waals surface area contributed by atoms with Crippen molar-refractivity contribution in [3.05, 3.63) is 40.9 Å². The number of hydrogen-bond donors (Lipinski definition) is 0. The van der Waals surface area contributed by atoms with E-state index >= 15 is 0 Å². The molecule has 2 fully saturated rings. The van der Waals surface area contributed by atoms with Crippen molar-refractivity contribution >= 4 is 16.5 Å². The molecule has 0 bridgehead atoms. The van der Waals surface area contributed by atoms with Gasteiger partial charge in [0.2, 0.25) is 5.13 Å². The van der Waals surface area contributed by atoms with Gasteiger partial charge in [-0.3, -0.25) is 4.90 Å².